The molecule has 6 heteroatoms. The van der Waals surface area contributed by atoms with Gasteiger partial charge in [-0.25, -0.2) is 0 Å². The number of hydrogen-bond donors (Lipinski definition) is 0. The molecular formula is C23H17N3O3. The van der Waals surface area contributed by atoms with E-state index in [-0.39, 0.29) is 11.6 Å². The van der Waals surface area contributed by atoms with E-state index in [2.05, 4.69) is 5.10 Å². The van der Waals surface area contributed by atoms with E-state index in [1.54, 1.807) is 0 Å². The maximum absolute atomic E-state index is 13.2. The molecule has 0 fully saturated rings. The maximum atomic E-state index is 13.2. The normalized spacial score (nSPS) is 14.9. The molecule has 4 rings (SSSR count). The molecule has 3 aromatic rings. The van der Waals surface area contributed by atoms with Gasteiger partial charge in [0.25, 0.3) is 11.6 Å². The Kier molecular flexibility index (Phi) is 4.75. The molecule has 1 amide bonds. The van der Waals surface area contributed by atoms with Gasteiger partial charge in [0.05, 0.1) is 16.2 Å². The number of hydrazone groups is 1. The number of amides is 1. The number of nitro groups is 1. The molecule has 0 aromatic heterocycles. The highest BCUT2D eigenvalue weighted by Gasteiger charge is 2.32. The van der Waals surface area contributed by atoms with Crippen molar-refractivity contribution in [1.82, 2.24) is 0 Å². The second kappa shape index (κ2) is 7.52. The molecule has 1 aliphatic heterocycles. The van der Waals surface area contributed by atoms with Crippen LogP contribution in [0.4, 0.5) is 11.4 Å². The Bertz CT molecular complexity index is 1130. The quantitative estimate of drug-likeness (QED) is 0.371. The van der Waals surface area contributed by atoms with Gasteiger partial charge in [-0.1, -0.05) is 60.2 Å². The molecule has 0 atom stereocenters. The van der Waals surface area contributed by atoms with Crippen LogP contribution < -0.4 is 5.01 Å². The molecule has 3 aromatic carbocycles. The Balaban J connectivity index is 1.78. The summed E-state index contributed by atoms with van der Waals surface area (Å²) in [5.74, 6) is -0.279. The van der Waals surface area contributed by atoms with Gasteiger partial charge in [-0.05, 0) is 30.7 Å². The van der Waals surface area contributed by atoms with Gasteiger partial charge in [-0.15, -0.1) is 0 Å². The minimum absolute atomic E-state index is 0.0388. The van der Waals surface area contributed by atoms with Crippen LogP contribution in [0.3, 0.4) is 0 Å². The lowest BCUT2D eigenvalue weighted by Gasteiger charge is -2.11. The van der Waals surface area contributed by atoms with Crippen LogP contribution in [0.15, 0.2) is 89.5 Å². The zero-order valence-corrected chi connectivity index (χ0v) is 15.6. The van der Waals surface area contributed by atoms with Gasteiger partial charge in [0.2, 0.25) is 0 Å². The number of hydrogen-bond acceptors (Lipinski definition) is 4. The van der Waals surface area contributed by atoms with Gasteiger partial charge < -0.3 is 0 Å². The number of nitro benzene ring substituents is 1. The maximum Gasteiger partial charge on any atom is 0.281 e. The zero-order valence-electron chi connectivity index (χ0n) is 15.6. The number of aryl methyl sites for hydroxylation is 1. The van der Waals surface area contributed by atoms with Crippen molar-refractivity contribution in [2.24, 2.45) is 5.10 Å². The number of nitrogens with zero attached hydrogens (tertiary/aromatic N) is 3. The lowest BCUT2D eigenvalue weighted by molar-refractivity contribution is -0.384. The van der Waals surface area contributed by atoms with Gasteiger partial charge in [-0.3, -0.25) is 14.9 Å². The Morgan fingerprint density at radius 3 is 2.21 bits per heavy atom. The molecule has 0 saturated carbocycles. The summed E-state index contributed by atoms with van der Waals surface area (Å²) in [4.78, 5) is 23.6. The first-order valence-electron chi connectivity index (χ1n) is 9.04. The fourth-order valence-electron chi connectivity index (χ4n) is 3.07. The summed E-state index contributed by atoms with van der Waals surface area (Å²) in [5, 5.41) is 16.7. The van der Waals surface area contributed by atoms with Crippen LogP contribution in [0.25, 0.3) is 6.08 Å². The Morgan fingerprint density at radius 1 is 0.931 bits per heavy atom. The van der Waals surface area contributed by atoms with E-state index < -0.39 is 4.92 Å². The molecule has 0 unspecified atom stereocenters. The van der Waals surface area contributed by atoms with E-state index in [0.717, 1.165) is 16.7 Å². The standard InChI is InChI=1S/C23H17N3O3/c1-16-7-9-17(10-8-16)15-21-22(18-5-3-2-4-6-18)24-25(23(21)27)19-11-13-20(14-12-19)26(28)29/h2-15H,1H3. The molecule has 0 bridgehead atoms. The fraction of sp³-hybridized carbons (Fsp3) is 0.0435. The number of rotatable bonds is 4. The Hall–Kier alpha value is -4.06. The van der Waals surface area contributed by atoms with Crippen molar-refractivity contribution in [3.05, 3.63) is 111 Å². The molecule has 0 saturated heterocycles. The number of non-ortho nitro benzene ring substituents is 1. The van der Waals surface area contributed by atoms with Crippen LogP contribution in [0.2, 0.25) is 0 Å². The minimum Gasteiger partial charge on any atom is -0.267 e. The summed E-state index contributed by atoms with van der Waals surface area (Å²) in [6.45, 7) is 2.00. The van der Waals surface area contributed by atoms with Gasteiger partial charge in [-0.2, -0.15) is 10.1 Å². The summed E-state index contributed by atoms with van der Waals surface area (Å²) in [6.07, 6.45) is 1.82. The monoisotopic (exact) mass is 383 g/mol. The zero-order chi connectivity index (χ0) is 20.4. The molecule has 0 N–H and O–H groups in total. The van der Waals surface area contributed by atoms with Crippen molar-refractivity contribution in [3.63, 3.8) is 0 Å². The van der Waals surface area contributed by atoms with Gasteiger partial charge in [0.15, 0.2) is 0 Å². The highest BCUT2D eigenvalue weighted by atomic mass is 16.6. The molecule has 0 spiro atoms. The predicted octanol–water partition coefficient (Wildman–Crippen LogP) is 4.74. The van der Waals surface area contributed by atoms with E-state index in [4.69, 9.17) is 0 Å². The first-order valence-corrected chi connectivity index (χ1v) is 9.04. The molecule has 0 radical (unpaired) electrons. The molecule has 1 aliphatic rings. The average molecular weight is 383 g/mol. The van der Waals surface area contributed by atoms with Crippen LogP contribution in [0, 0.1) is 17.0 Å². The van der Waals surface area contributed by atoms with Crippen molar-refractivity contribution in [1.29, 1.82) is 0 Å². The van der Waals surface area contributed by atoms with Gasteiger partial charge in [0.1, 0.15) is 5.71 Å². The average Bonchev–Trinajstić information content (AvgIpc) is 3.06. The highest BCUT2D eigenvalue weighted by molar-refractivity contribution is 6.37. The lowest BCUT2D eigenvalue weighted by Crippen LogP contribution is -2.21. The minimum atomic E-state index is -0.475. The van der Waals surface area contributed by atoms with Crippen molar-refractivity contribution in [2.45, 2.75) is 6.92 Å². The van der Waals surface area contributed by atoms with Gasteiger partial charge >= 0.3 is 0 Å². The van der Waals surface area contributed by atoms with Crippen LogP contribution in [0.5, 0.6) is 0 Å². The predicted molar refractivity (Wildman–Crippen MR) is 113 cm³/mol. The van der Waals surface area contributed by atoms with E-state index in [0.29, 0.717) is 17.0 Å². The first-order chi connectivity index (χ1) is 14.0. The smallest absolute Gasteiger partial charge is 0.267 e. The third-order valence-electron chi connectivity index (χ3n) is 4.62. The summed E-state index contributed by atoms with van der Waals surface area (Å²) in [6, 6.07) is 23.1. The molecule has 1 heterocycles. The van der Waals surface area contributed by atoms with E-state index in [1.165, 1.54) is 29.3 Å². The second-order valence-corrected chi connectivity index (χ2v) is 6.67. The number of carbonyl (C=O) groups excluding carboxylic acids is 1. The van der Waals surface area contributed by atoms with E-state index >= 15 is 0 Å². The number of carbonyl (C=O) groups is 1. The number of benzene rings is 3. The molecule has 0 aliphatic carbocycles. The lowest BCUT2D eigenvalue weighted by atomic mass is 10.00. The summed E-state index contributed by atoms with van der Waals surface area (Å²) < 4.78 is 0. The molecule has 6 nitrogen and oxygen atoms in total. The van der Waals surface area contributed by atoms with Crippen molar-refractivity contribution < 1.29 is 9.72 Å². The third kappa shape index (κ3) is 3.68. The highest BCUT2D eigenvalue weighted by Crippen LogP contribution is 2.29. The molecular weight excluding hydrogens is 366 g/mol. The van der Waals surface area contributed by atoms with Crippen LogP contribution >= 0.6 is 0 Å². The Labute approximate surface area is 167 Å². The summed E-state index contributed by atoms with van der Waals surface area (Å²) in [5.41, 5.74) is 4.32. The van der Waals surface area contributed by atoms with Crippen molar-refractivity contribution in [2.75, 3.05) is 5.01 Å². The van der Waals surface area contributed by atoms with Crippen molar-refractivity contribution >= 4 is 29.1 Å². The number of anilines is 1. The van der Waals surface area contributed by atoms with Crippen LogP contribution in [-0.4, -0.2) is 16.5 Å². The fourth-order valence-corrected chi connectivity index (χ4v) is 3.07. The topological polar surface area (TPSA) is 75.8 Å². The van der Waals surface area contributed by atoms with Crippen molar-refractivity contribution in [3.8, 4) is 0 Å². The largest absolute Gasteiger partial charge is 0.281 e. The molecule has 29 heavy (non-hydrogen) atoms. The van der Waals surface area contributed by atoms with E-state index in [9.17, 15) is 14.9 Å². The van der Waals surface area contributed by atoms with Gasteiger partial charge in [0, 0.05) is 17.7 Å². The van der Waals surface area contributed by atoms with Crippen LogP contribution in [0.1, 0.15) is 16.7 Å². The SMILES string of the molecule is Cc1ccc(C=C2C(=O)N(c3ccc([N+](=O)[O-])cc3)N=C2c2ccccc2)cc1. The molecule has 142 valence electrons. The van der Waals surface area contributed by atoms with Crippen LogP contribution in [-0.2, 0) is 4.79 Å². The first kappa shape index (κ1) is 18.3. The van der Waals surface area contributed by atoms with E-state index in [1.807, 2.05) is 67.6 Å². The second-order valence-electron chi connectivity index (χ2n) is 6.67. The Morgan fingerprint density at radius 2 is 1.59 bits per heavy atom. The third-order valence-corrected chi connectivity index (χ3v) is 4.62. The summed E-state index contributed by atoms with van der Waals surface area (Å²) in [7, 11) is 0. The summed E-state index contributed by atoms with van der Waals surface area (Å²) >= 11 is 0.